The van der Waals surface area contributed by atoms with E-state index in [-0.39, 0.29) is 11.9 Å². The van der Waals surface area contributed by atoms with Gasteiger partial charge in [0.2, 0.25) is 17.6 Å². The molecule has 0 fully saturated rings. The van der Waals surface area contributed by atoms with Crippen molar-refractivity contribution in [1.82, 2.24) is 15.5 Å². The highest BCUT2D eigenvalue weighted by molar-refractivity contribution is 5.76. The Morgan fingerprint density at radius 1 is 1.04 bits per heavy atom. The Labute approximate surface area is 153 Å². The summed E-state index contributed by atoms with van der Waals surface area (Å²) in [5, 5.41) is 7.00. The lowest BCUT2D eigenvalue weighted by atomic mass is 10.1. The molecule has 1 heterocycles. The number of carbonyl (C=O) groups is 1. The number of aromatic nitrogens is 2. The first-order valence-corrected chi connectivity index (χ1v) is 8.92. The van der Waals surface area contributed by atoms with E-state index < -0.39 is 0 Å². The van der Waals surface area contributed by atoms with E-state index in [9.17, 15) is 4.79 Å². The molecule has 1 N–H and O–H groups in total. The van der Waals surface area contributed by atoms with Crippen LogP contribution in [0.2, 0.25) is 0 Å². The summed E-state index contributed by atoms with van der Waals surface area (Å²) in [6.07, 6.45) is 2.64. The fourth-order valence-electron chi connectivity index (χ4n) is 2.73. The Hall–Kier alpha value is -2.95. The van der Waals surface area contributed by atoms with Gasteiger partial charge in [-0.3, -0.25) is 4.79 Å². The van der Waals surface area contributed by atoms with E-state index in [1.54, 1.807) is 0 Å². The number of hydrogen-bond acceptors (Lipinski definition) is 4. The van der Waals surface area contributed by atoms with Crippen LogP contribution in [-0.4, -0.2) is 22.1 Å². The van der Waals surface area contributed by atoms with E-state index in [2.05, 4.69) is 27.6 Å². The normalized spacial score (nSPS) is 11.9. The van der Waals surface area contributed by atoms with Crippen molar-refractivity contribution in [3.8, 4) is 11.4 Å². The lowest BCUT2D eigenvalue weighted by Gasteiger charge is -2.13. The minimum absolute atomic E-state index is 0.00465. The van der Waals surface area contributed by atoms with Gasteiger partial charge in [0.05, 0.1) is 0 Å². The molecule has 0 saturated carbocycles. The second-order valence-corrected chi connectivity index (χ2v) is 6.37. The Morgan fingerprint density at radius 2 is 1.73 bits per heavy atom. The summed E-state index contributed by atoms with van der Waals surface area (Å²) in [5.74, 6) is 1.04. The summed E-state index contributed by atoms with van der Waals surface area (Å²) >= 11 is 0. The van der Waals surface area contributed by atoms with Gasteiger partial charge in [-0.1, -0.05) is 65.8 Å². The molecule has 1 aromatic heterocycles. The highest BCUT2D eigenvalue weighted by atomic mass is 16.5. The molecule has 134 valence electrons. The topological polar surface area (TPSA) is 68.0 Å². The lowest BCUT2D eigenvalue weighted by molar-refractivity contribution is -0.121. The van der Waals surface area contributed by atoms with Crippen LogP contribution in [0.4, 0.5) is 0 Å². The maximum Gasteiger partial charge on any atom is 0.227 e. The summed E-state index contributed by atoms with van der Waals surface area (Å²) in [5.41, 5.74) is 2.19. The van der Waals surface area contributed by atoms with Crippen molar-refractivity contribution in [2.45, 2.75) is 38.6 Å². The number of nitrogens with one attached hydrogen (secondary N) is 1. The Morgan fingerprint density at radius 3 is 2.46 bits per heavy atom. The van der Waals surface area contributed by atoms with Gasteiger partial charge in [-0.05, 0) is 25.3 Å². The van der Waals surface area contributed by atoms with Crippen molar-refractivity contribution >= 4 is 5.91 Å². The summed E-state index contributed by atoms with van der Waals surface area (Å²) in [7, 11) is 0. The van der Waals surface area contributed by atoms with Crippen LogP contribution in [0, 0.1) is 0 Å². The minimum atomic E-state index is 0.00465. The van der Waals surface area contributed by atoms with E-state index in [0.717, 1.165) is 18.4 Å². The molecule has 26 heavy (non-hydrogen) atoms. The molecule has 0 aliphatic carbocycles. The van der Waals surface area contributed by atoms with E-state index in [1.165, 1.54) is 5.56 Å². The molecule has 5 nitrogen and oxygen atoms in total. The van der Waals surface area contributed by atoms with Gasteiger partial charge >= 0.3 is 0 Å². The standard InChI is InChI=1S/C21H23N3O2/c1-16(12-13-17-8-4-2-5-9-17)22-19(25)14-15-20-23-21(24-26-20)18-10-6-3-7-11-18/h2-11,16H,12-15H2,1H3,(H,22,25). The highest BCUT2D eigenvalue weighted by Gasteiger charge is 2.12. The van der Waals surface area contributed by atoms with Crippen molar-refractivity contribution in [2.24, 2.45) is 0 Å². The number of carbonyl (C=O) groups excluding carboxylic acids is 1. The molecule has 3 aromatic rings. The number of hydrogen-bond donors (Lipinski definition) is 1. The maximum atomic E-state index is 12.1. The minimum Gasteiger partial charge on any atom is -0.354 e. The first kappa shape index (κ1) is 17.9. The molecule has 0 radical (unpaired) electrons. The van der Waals surface area contributed by atoms with Gasteiger partial charge in [-0.2, -0.15) is 4.98 Å². The molecule has 0 spiro atoms. The average molecular weight is 349 g/mol. The van der Waals surface area contributed by atoms with Crippen LogP contribution in [0.3, 0.4) is 0 Å². The van der Waals surface area contributed by atoms with Crippen LogP contribution in [0.5, 0.6) is 0 Å². The van der Waals surface area contributed by atoms with Crippen molar-refractivity contribution < 1.29 is 9.32 Å². The molecule has 0 aliphatic rings. The summed E-state index contributed by atoms with van der Waals surface area (Å²) < 4.78 is 5.24. The maximum absolute atomic E-state index is 12.1. The smallest absolute Gasteiger partial charge is 0.227 e. The molecule has 1 atom stereocenters. The van der Waals surface area contributed by atoms with Crippen molar-refractivity contribution in [3.05, 3.63) is 72.1 Å². The molecular weight excluding hydrogens is 326 g/mol. The van der Waals surface area contributed by atoms with Gasteiger partial charge in [-0.25, -0.2) is 0 Å². The molecule has 0 saturated heterocycles. The van der Waals surface area contributed by atoms with E-state index >= 15 is 0 Å². The number of amides is 1. The third-order valence-corrected chi connectivity index (χ3v) is 4.18. The summed E-state index contributed by atoms with van der Waals surface area (Å²) in [6, 6.07) is 20.1. The molecule has 0 aliphatic heterocycles. The lowest BCUT2D eigenvalue weighted by Crippen LogP contribution is -2.33. The van der Waals surface area contributed by atoms with E-state index in [4.69, 9.17) is 4.52 Å². The van der Waals surface area contributed by atoms with Gasteiger partial charge in [-0.15, -0.1) is 0 Å². The first-order valence-electron chi connectivity index (χ1n) is 8.92. The number of aryl methyl sites for hydroxylation is 2. The second-order valence-electron chi connectivity index (χ2n) is 6.37. The Kier molecular flexibility index (Phi) is 6.14. The van der Waals surface area contributed by atoms with Gasteiger partial charge in [0.25, 0.3) is 0 Å². The third kappa shape index (κ3) is 5.28. The molecule has 3 rings (SSSR count). The molecule has 1 unspecified atom stereocenters. The van der Waals surface area contributed by atoms with Crippen LogP contribution in [-0.2, 0) is 17.6 Å². The van der Waals surface area contributed by atoms with E-state index in [0.29, 0.717) is 24.6 Å². The van der Waals surface area contributed by atoms with Crippen LogP contribution >= 0.6 is 0 Å². The molecule has 1 amide bonds. The predicted octanol–water partition coefficient (Wildman–Crippen LogP) is 3.81. The van der Waals surface area contributed by atoms with E-state index in [1.807, 2.05) is 55.5 Å². The number of benzene rings is 2. The van der Waals surface area contributed by atoms with Gasteiger partial charge < -0.3 is 9.84 Å². The zero-order chi connectivity index (χ0) is 18.2. The van der Waals surface area contributed by atoms with Crippen molar-refractivity contribution in [1.29, 1.82) is 0 Å². The average Bonchev–Trinajstić information content (AvgIpc) is 3.15. The zero-order valence-electron chi connectivity index (χ0n) is 14.9. The molecule has 0 bridgehead atoms. The monoisotopic (exact) mass is 349 g/mol. The summed E-state index contributed by atoms with van der Waals surface area (Å²) in [4.78, 5) is 16.5. The van der Waals surface area contributed by atoms with Gasteiger partial charge in [0, 0.05) is 24.4 Å². The third-order valence-electron chi connectivity index (χ3n) is 4.18. The predicted molar refractivity (Wildman–Crippen MR) is 100 cm³/mol. The Bertz CT molecular complexity index is 816. The largest absolute Gasteiger partial charge is 0.354 e. The van der Waals surface area contributed by atoms with Crippen LogP contribution in [0.15, 0.2) is 65.2 Å². The number of rotatable bonds is 8. The van der Waals surface area contributed by atoms with Gasteiger partial charge in [0.1, 0.15) is 0 Å². The molecule has 5 heteroatoms. The highest BCUT2D eigenvalue weighted by Crippen LogP contribution is 2.15. The van der Waals surface area contributed by atoms with Crippen LogP contribution in [0.1, 0.15) is 31.2 Å². The Balaban J connectivity index is 1.42. The van der Waals surface area contributed by atoms with Gasteiger partial charge in [0.15, 0.2) is 0 Å². The second kappa shape index (κ2) is 8.94. The molecule has 2 aromatic carbocycles. The van der Waals surface area contributed by atoms with Crippen LogP contribution < -0.4 is 5.32 Å². The quantitative estimate of drug-likeness (QED) is 0.671. The fraction of sp³-hybridized carbons (Fsp3) is 0.286. The van der Waals surface area contributed by atoms with Crippen molar-refractivity contribution in [3.63, 3.8) is 0 Å². The SMILES string of the molecule is CC(CCc1ccccc1)NC(=O)CCc1nc(-c2ccccc2)no1. The van der Waals surface area contributed by atoms with Crippen molar-refractivity contribution in [2.75, 3.05) is 0 Å². The van der Waals surface area contributed by atoms with Crippen LogP contribution in [0.25, 0.3) is 11.4 Å². The summed E-state index contributed by atoms with van der Waals surface area (Å²) in [6.45, 7) is 2.03. The number of nitrogens with zero attached hydrogens (tertiary/aromatic N) is 2. The first-order chi connectivity index (χ1) is 12.7. The fourth-order valence-corrected chi connectivity index (χ4v) is 2.73. The zero-order valence-corrected chi connectivity index (χ0v) is 14.9. The molecular formula is C21H23N3O2.